The second kappa shape index (κ2) is 10.4. The molecular formula is C25H29N2O2+. The van der Waals surface area contributed by atoms with E-state index in [1.165, 1.54) is 10.5 Å². The number of nitrogens with one attached hydrogen (secondary N) is 2. The molecule has 0 aliphatic carbocycles. The number of likely N-dealkylation sites (N-methyl/N-ethyl adjacent to an activating group) is 1. The SMILES string of the molecule is CC[NH+](CC(=O)N[C@@H](c1ccccc1)c1ccc(OC)cc1)Cc1ccccc1. The van der Waals surface area contributed by atoms with Gasteiger partial charge < -0.3 is 15.0 Å². The Morgan fingerprint density at radius 3 is 2.07 bits per heavy atom. The summed E-state index contributed by atoms with van der Waals surface area (Å²) in [5.74, 6) is 0.846. The summed E-state index contributed by atoms with van der Waals surface area (Å²) in [6, 6.07) is 28.1. The normalized spacial score (nSPS) is 12.8. The lowest BCUT2D eigenvalue weighted by molar-refractivity contribution is -0.904. The van der Waals surface area contributed by atoms with Crippen molar-refractivity contribution in [2.75, 3.05) is 20.2 Å². The average Bonchev–Trinajstić information content (AvgIpc) is 2.78. The van der Waals surface area contributed by atoms with E-state index in [-0.39, 0.29) is 11.9 Å². The van der Waals surface area contributed by atoms with E-state index in [2.05, 4.69) is 24.4 Å². The van der Waals surface area contributed by atoms with Crippen molar-refractivity contribution in [3.05, 3.63) is 102 Å². The summed E-state index contributed by atoms with van der Waals surface area (Å²) < 4.78 is 5.27. The predicted octanol–water partition coefficient (Wildman–Crippen LogP) is 3.01. The number of ether oxygens (including phenoxy) is 1. The van der Waals surface area contributed by atoms with Gasteiger partial charge in [-0.2, -0.15) is 0 Å². The van der Waals surface area contributed by atoms with E-state index in [1.807, 2.05) is 72.8 Å². The molecule has 0 saturated heterocycles. The van der Waals surface area contributed by atoms with Gasteiger partial charge in [0.25, 0.3) is 5.91 Å². The highest BCUT2D eigenvalue weighted by Gasteiger charge is 2.20. The van der Waals surface area contributed by atoms with E-state index in [0.29, 0.717) is 6.54 Å². The first-order valence-corrected chi connectivity index (χ1v) is 10.1. The second-order valence-electron chi connectivity index (χ2n) is 7.13. The van der Waals surface area contributed by atoms with E-state index in [4.69, 9.17) is 4.74 Å². The molecule has 0 bridgehead atoms. The number of hydrogen-bond donors (Lipinski definition) is 2. The van der Waals surface area contributed by atoms with Crippen molar-refractivity contribution >= 4 is 5.91 Å². The maximum atomic E-state index is 12.9. The quantitative estimate of drug-likeness (QED) is 0.591. The van der Waals surface area contributed by atoms with Gasteiger partial charge in [-0.3, -0.25) is 4.79 Å². The molecule has 3 rings (SSSR count). The summed E-state index contributed by atoms with van der Waals surface area (Å²) in [4.78, 5) is 14.2. The number of amides is 1. The van der Waals surface area contributed by atoms with E-state index in [1.54, 1.807) is 7.11 Å². The summed E-state index contributed by atoms with van der Waals surface area (Å²) >= 11 is 0. The Bertz CT molecular complexity index is 880. The molecule has 2 N–H and O–H groups in total. The largest absolute Gasteiger partial charge is 0.497 e. The molecule has 0 aliphatic heterocycles. The van der Waals surface area contributed by atoms with Gasteiger partial charge in [-0.15, -0.1) is 0 Å². The van der Waals surface area contributed by atoms with E-state index in [9.17, 15) is 4.79 Å². The smallest absolute Gasteiger partial charge is 0.275 e. The maximum Gasteiger partial charge on any atom is 0.275 e. The number of carbonyl (C=O) groups excluding carboxylic acids is 1. The van der Waals surface area contributed by atoms with Crippen LogP contribution in [-0.4, -0.2) is 26.1 Å². The van der Waals surface area contributed by atoms with E-state index < -0.39 is 0 Å². The Labute approximate surface area is 173 Å². The minimum absolute atomic E-state index is 0.0439. The van der Waals surface area contributed by atoms with E-state index in [0.717, 1.165) is 30.0 Å². The molecule has 4 heteroatoms. The highest BCUT2D eigenvalue weighted by molar-refractivity contribution is 5.78. The zero-order valence-corrected chi connectivity index (χ0v) is 17.1. The molecule has 0 heterocycles. The van der Waals surface area contributed by atoms with Crippen molar-refractivity contribution in [2.24, 2.45) is 0 Å². The highest BCUT2D eigenvalue weighted by Crippen LogP contribution is 2.24. The average molecular weight is 390 g/mol. The van der Waals surface area contributed by atoms with Crippen LogP contribution in [0.5, 0.6) is 5.75 Å². The minimum atomic E-state index is -0.190. The van der Waals surface area contributed by atoms with Gasteiger partial charge in [-0.25, -0.2) is 0 Å². The fraction of sp³-hybridized carbons (Fsp3) is 0.240. The molecule has 0 radical (unpaired) electrons. The molecule has 1 amide bonds. The molecule has 3 aromatic rings. The molecule has 0 aliphatic rings. The maximum absolute atomic E-state index is 12.9. The third-order valence-corrected chi connectivity index (χ3v) is 5.09. The Kier molecular flexibility index (Phi) is 7.42. The fourth-order valence-corrected chi connectivity index (χ4v) is 3.44. The van der Waals surface area contributed by atoms with Gasteiger partial charge in [0.05, 0.1) is 19.7 Å². The number of carbonyl (C=O) groups is 1. The molecule has 0 saturated carbocycles. The van der Waals surface area contributed by atoms with Crippen LogP contribution in [0.1, 0.15) is 29.7 Å². The van der Waals surface area contributed by atoms with Gasteiger partial charge in [0.2, 0.25) is 0 Å². The molecular weight excluding hydrogens is 360 g/mol. The third kappa shape index (κ3) is 5.93. The van der Waals surface area contributed by atoms with Crippen LogP contribution in [0.3, 0.4) is 0 Å². The molecule has 0 aromatic heterocycles. The zero-order chi connectivity index (χ0) is 20.5. The lowest BCUT2D eigenvalue weighted by atomic mass is 9.98. The molecule has 29 heavy (non-hydrogen) atoms. The van der Waals surface area contributed by atoms with Crippen LogP contribution >= 0.6 is 0 Å². The number of methoxy groups -OCH3 is 1. The number of rotatable bonds is 9. The van der Waals surface area contributed by atoms with Crippen molar-refractivity contribution in [3.63, 3.8) is 0 Å². The molecule has 1 unspecified atom stereocenters. The predicted molar refractivity (Wildman–Crippen MR) is 116 cm³/mol. The fourth-order valence-electron chi connectivity index (χ4n) is 3.44. The van der Waals surface area contributed by atoms with Gasteiger partial charge >= 0.3 is 0 Å². The van der Waals surface area contributed by atoms with Gasteiger partial charge in [0.15, 0.2) is 6.54 Å². The van der Waals surface area contributed by atoms with E-state index >= 15 is 0 Å². The minimum Gasteiger partial charge on any atom is -0.497 e. The first-order valence-electron chi connectivity index (χ1n) is 10.1. The Morgan fingerprint density at radius 1 is 0.897 bits per heavy atom. The lowest BCUT2D eigenvalue weighted by Crippen LogP contribution is -3.11. The third-order valence-electron chi connectivity index (χ3n) is 5.09. The van der Waals surface area contributed by atoms with Crippen molar-refractivity contribution in [1.29, 1.82) is 0 Å². The Hall–Kier alpha value is -3.11. The zero-order valence-electron chi connectivity index (χ0n) is 17.1. The Balaban J connectivity index is 1.73. The standard InChI is InChI=1S/C25H28N2O2/c1-3-27(18-20-10-6-4-7-11-20)19-24(28)26-25(21-12-8-5-9-13-21)22-14-16-23(29-2)17-15-22/h4-17,25H,3,18-19H2,1-2H3,(H,26,28)/p+1/t25-/m0/s1. The molecule has 0 spiro atoms. The van der Waals surface area contributed by atoms with Crippen LogP contribution in [-0.2, 0) is 11.3 Å². The van der Waals surface area contributed by atoms with Crippen LogP contribution < -0.4 is 15.0 Å². The first-order chi connectivity index (χ1) is 14.2. The van der Waals surface area contributed by atoms with Gasteiger partial charge in [0, 0.05) is 5.56 Å². The van der Waals surface area contributed by atoms with Crippen molar-refractivity contribution in [2.45, 2.75) is 19.5 Å². The first kappa shape index (κ1) is 20.6. The van der Waals surface area contributed by atoms with Gasteiger partial charge in [-0.1, -0.05) is 72.8 Å². The summed E-state index contributed by atoms with van der Waals surface area (Å²) in [6.45, 7) is 4.28. The monoisotopic (exact) mass is 389 g/mol. The summed E-state index contributed by atoms with van der Waals surface area (Å²) in [5, 5.41) is 3.24. The number of benzene rings is 3. The van der Waals surface area contributed by atoms with Crippen molar-refractivity contribution in [3.8, 4) is 5.75 Å². The van der Waals surface area contributed by atoms with Crippen LogP contribution in [0.25, 0.3) is 0 Å². The second-order valence-corrected chi connectivity index (χ2v) is 7.13. The highest BCUT2D eigenvalue weighted by atomic mass is 16.5. The molecule has 3 aromatic carbocycles. The molecule has 4 nitrogen and oxygen atoms in total. The van der Waals surface area contributed by atoms with Gasteiger partial charge in [0.1, 0.15) is 12.3 Å². The number of quaternary nitrogens is 1. The van der Waals surface area contributed by atoms with Crippen LogP contribution in [0.2, 0.25) is 0 Å². The molecule has 0 fully saturated rings. The van der Waals surface area contributed by atoms with Crippen LogP contribution in [0, 0.1) is 0 Å². The lowest BCUT2D eigenvalue weighted by Gasteiger charge is -2.22. The molecule has 150 valence electrons. The van der Waals surface area contributed by atoms with Crippen LogP contribution in [0.4, 0.5) is 0 Å². The van der Waals surface area contributed by atoms with Gasteiger partial charge in [-0.05, 0) is 30.2 Å². The van der Waals surface area contributed by atoms with Crippen LogP contribution in [0.15, 0.2) is 84.9 Å². The summed E-state index contributed by atoms with van der Waals surface area (Å²) in [7, 11) is 1.65. The summed E-state index contributed by atoms with van der Waals surface area (Å²) in [6.07, 6.45) is 0. The number of hydrogen-bond acceptors (Lipinski definition) is 2. The molecule has 2 atom stereocenters. The Morgan fingerprint density at radius 2 is 1.48 bits per heavy atom. The van der Waals surface area contributed by atoms with Crippen molar-refractivity contribution in [1.82, 2.24) is 5.32 Å². The summed E-state index contributed by atoms with van der Waals surface area (Å²) in [5.41, 5.74) is 3.34. The van der Waals surface area contributed by atoms with Crippen molar-refractivity contribution < 1.29 is 14.4 Å². The topological polar surface area (TPSA) is 42.8 Å².